The third-order valence-electron chi connectivity index (χ3n) is 5.48. The van der Waals surface area contributed by atoms with Gasteiger partial charge in [-0.05, 0) is 26.4 Å². The Morgan fingerprint density at radius 3 is 2.52 bits per heavy atom. The molecule has 3 fully saturated rings. The first-order valence-electron chi connectivity index (χ1n) is 8.77. The SMILES string of the molecule is CN1CCCCC1CN1CCN(C(=O)C2CC(F)(F)CN2)CC1. The summed E-state index contributed by atoms with van der Waals surface area (Å²) in [7, 11) is 2.19. The Hall–Kier alpha value is -0.790. The van der Waals surface area contributed by atoms with Crippen LogP contribution < -0.4 is 5.32 Å². The van der Waals surface area contributed by atoms with Gasteiger partial charge in [-0.3, -0.25) is 15.0 Å². The summed E-state index contributed by atoms with van der Waals surface area (Å²) in [6.45, 7) is 4.84. The van der Waals surface area contributed by atoms with Crippen LogP contribution in [-0.4, -0.2) is 91.5 Å². The Kier molecular flexibility index (Phi) is 5.18. The van der Waals surface area contributed by atoms with Gasteiger partial charge in [-0.25, -0.2) is 8.78 Å². The third-order valence-corrected chi connectivity index (χ3v) is 5.48. The molecular weight excluding hydrogens is 302 g/mol. The van der Waals surface area contributed by atoms with Gasteiger partial charge in [0.15, 0.2) is 0 Å². The average molecular weight is 330 g/mol. The number of carbonyl (C=O) groups excluding carboxylic acids is 1. The molecule has 2 atom stereocenters. The monoisotopic (exact) mass is 330 g/mol. The molecule has 3 saturated heterocycles. The van der Waals surface area contributed by atoms with Crippen molar-refractivity contribution in [1.29, 1.82) is 0 Å². The first kappa shape index (κ1) is 17.0. The number of nitrogens with zero attached hydrogens (tertiary/aromatic N) is 3. The zero-order valence-corrected chi connectivity index (χ0v) is 13.9. The standard InChI is InChI=1S/C16H28F2N4O/c1-20-5-3-2-4-13(20)11-21-6-8-22(9-7-21)15(23)14-10-16(17,18)12-19-14/h13-14,19H,2-12H2,1H3. The number of carbonyl (C=O) groups is 1. The van der Waals surface area contributed by atoms with Crippen LogP contribution in [0.3, 0.4) is 0 Å². The Labute approximate surface area is 137 Å². The molecule has 2 unspecified atom stereocenters. The van der Waals surface area contributed by atoms with Gasteiger partial charge in [-0.2, -0.15) is 0 Å². The third kappa shape index (κ3) is 4.19. The highest BCUT2D eigenvalue weighted by Gasteiger charge is 2.43. The smallest absolute Gasteiger partial charge is 0.262 e. The number of alkyl halides is 2. The van der Waals surface area contributed by atoms with Gasteiger partial charge < -0.3 is 9.80 Å². The zero-order valence-electron chi connectivity index (χ0n) is 13.9. The lowest BCUT2D eigenvalue weighted by Crippen LogP contribution is -2.55. The highest BCUT2D eigenvalue weighted by Crippen LogP contribution is 2.26. The van der Waals surface area contributed by atoms with Gasteiger partial charge in [-0.15, -0.1) is 0 Å². The van der Waals surface area contributed by atoms with E-state index in [2.05, 4.69) is 22.2 Å². The number of likely N-dealkylation sites (N-methyl/N-ethyl adjacent to an activating group) is 1. The topological polar surface area (TPSA) is 38.8 Å². The summed E-state index contributed by atoms with van der Waals surface area (Å²) >= 11 is 0. The van der Waals surface area contributed by atoms with Crippen molar-refractivity contribution in [3.05, 3.63) is 0 Å². The van der Waals surface area contributed by atoms with E-state index in [1.165, 1.54) is 25.8 Å². The number of hydrogen-bond acceptors (Lipinski definition) is 4. The van der Waals surface area contributed by atoms with Crippen molar-refractivity contribution in [3.63, 3.8) is 0 Å². The van der Waals surface area contributed by atoms with Crippen LogP contribution in [0.4, 0.5) is 8.78 Å². The van der Waals surface area contributed by atoms with Crippen molar-refractivity contribution in [2.24, 2.45) is 0 Å². The first-order chi connectivity index (χ1) is 10.9. The van der Waals surface area contributed by atoms with Crippen molar-refractivity contribution in [1.82, 2.24) is 20.0 Å². The summed E-state index contributed by atoms with van der Waals surface area (Å²) < 4.78 is 26.5. The number of halogens is 2. The number of amides is 1. The molecule has 0 spiro atoms. The molecule has 5 nitrogen and oxygen atoms in total. The van der Waals surface area contributed by atoms with E-state index in [0.717, 1.165) is 19.6 Å². The number of likely N-dealkylation sites (tertiary alicyclic amines) is 1. The van der Waals surface area contributed by atoms with Crippen LogP contribution in [0, 0.1) is 0 Å². The molecule has 0 aliphatic carbocycles. The second-order valence-corrected chi connectivity index (χ2v) is 7.25. The van der Waals surface area contributed by atoms with Crippen LogP contribution in [0.25, 0.3) is 0 Å². The summed E-state index contributed by atoms with van der Waals surface area (Å²) in [4.78, 5) is 18.9. The van der Waals surface area contributed by atoms with Crippen molar-refractivity contribution in [3.8, 4) is 0 Å². The van der Waals surface area contributed by atoms with E-state index in [9.17, 15) is 13.6 Å². The summed E-state index contributed by atoms with van der Waals surface area (Å²) in [6.07, 6.45) is 3.47. The van der Waals surface area contributed by atoms with Gasteiger partial charge in [0.2, 0.25) is 5.91 Å². The van der Waals surface area contributed by atoms with E-state index in [1.54, 1.807) is 4.90 Å². The van der Waals surface area contributed by atoms with E-state index in [-0.39, 0.29) is 18.9 Å². The van der Waals surface area contributed by atoms with Gasteiger partial charge in [0.05, 0.1) is 12.6 Å². The maximum absolute atomic E-state index is 13.2. The first-order valence-corrected chi connectivity index (χ1v) is 8.77. The second kappa shape index (κ2) is 6.99. The van der Waals surface area contributed by atoms with Crippen LogP contribution in [0.5, 0.6) is 0 Å². The molecule has 3 heterocycles. The number of piperidine rings is 1. The summed E-state index contributed by atoms with van der Waals surface area (Å²) in [5.74, 6) is -2.90. The molecule has 0 aromatic carbocycles. The minimum Gasteiger partial charge on any atom is -0.339 e. The Bertz CT molecular complexity index is 426. The molecule has 3 aliphatic heterocycles. The molecular formula is C16H28F2N4O. The largest absolute Gasteiger partial charge is 0.339 e. The van der Waals surface area contributed by atoms with Crippen LogP contribution in [0.1, 0.15) is 25.7 Å². The number of nitrogens with one attached hydrogen (secondary N) is 1. The lowest BCUT2D eigenvalue weighted by molar-refractivity contribution is -0.135. The molecule has 3 aliphatic rings. The van der Waals surface area contributed by atoms with Crippen LogP contribution >= 0.6 is 0 Å². The van der Waals surface area contributed by atoms with Gasteiger partial charge in [0, 0.05) is 45.2 Å². The van der Waals surface area contributed by atoms with E-state index < -0.39 is 12.0 Å². The van der Waals surface area contributed by atoms with Gasteiger partial charge in [0.1, 0.15) is 0 Å². The Morgan fingerprint density at radius 2 is 1.91 bits per heavy atom. The van der Waals surface area contributed by atoms with E-state index in [4.69, 9.17) is 0 Å². The van der Waals surface area contributed by atoms with Crippen LogP contribution in [0.15, 0.2) is 0 Å². The molecule has 0 radical (unpaired) electrons. The van der Waals surface area contributed by atoms with Gasteiger partial charge >= 0.3 is 0 Å². The maximum Gasteiger partial charge on any atom is 0.262 e. The molecule has 0 aromatic rings. The fourth-order valence-corrected chi connectivity index (χ4v) is 3.93. The van der Waals surface area contributed by atoms with Crippen molar-refractivity contribution in [2.45, 2.75) is 43.7 Å². The summed E-state index contributed by atoms with van der Waals surface area (Å²) in [5.41, 5.74) is 0. The molecule has 0 bridgehead atoms. The fraction of sp³-hybridized carbons (Fsp3) is 0.938. The van der Waals surface area contributed by atoms with E-state index in [0.29, 0.717) is 19.1 Å². The summed E-state index contributed by atoms with van der Waals surface area (Å²) in [5, 5.41) is 2.67. The molecule has 1 amide bonds. The van der Waals surface area contributed by atoms with E-state index in [1.807, 2.05) is 0 Å². The molecule has 1 N–H and O–H groups in total. The molecule has 7 heteroatoms. The second-order valence-electron chi connectivity index (χ2n) is 7.25. The Balaban J connectivity index is 1.44. The highest BCUT2D eigenvalue weighted by molar-refractivity contribution is 5.82. The molecule has 132 valence electrons. The lowest BCUT2D eigenvalue weighted by atomic mass is 10.0. The highest BCUT2D eigenvalue weighted by atomic mass is 19.3. The molecule has 3 rings (SSSR count). The zero-order chi connectivity index (χ0) is 16.4. The molecule has 0 aromatic heterocycles. The molecule has 23 heavy (non-hydrogen) atoms. The van der Waals surface area contributed by atoms with Crippen LogP contribution in [0.2, 0.25) is 0 Å². The average Bonchev–Trinajstić information content (AvgIpc) is 2.90. The fourth-order valence-electron chi connectivity index (χ4n) is 3.93. The van der Waals surface area contributed by atoms with Crippen molar-refractivity contribution in [2.75, 3.05) is 52.9 Å². The number of piperazine rings is 1. The van der Waals surface area contributed by atoms with Crippen molar-refractivity contribution >= 4 is 5.91 Å². The maximum atomic E-state index is 13.2. The minimum absolute atomic E-state index is 0.156. The summed E-state index contributed by atoms with van der Waals surface area (Å²) in [6, 6.07) is -0.0952. The number of rotatable bonds is 3. The molecule has 0 saturated carbocycles. The lowest BCUT2D eigenvalue weighted by Gasteiger charge is -2.40. The quantitative estimate of drug-likeness (QED) is 0.823. The normalized spacial score (nSPS) is 33.1. The van der Waals surface area contributed by atoms with Gasteiger partial charge in [-0.1, -0.05) is 6.42 Å². The Morgan fingerprint density at radius 1 is 1.17 bits per heavy atom. The van der Waals surface area contributed by atoms with Crippen molar-refractivity contribution < 1.29 is 13.6 Å². The van der Waals surface area contributed by atoms with Crippen LogP contribution in [-0.2, 0) is 4.79 Å². The number of hydrogen-bond donors (Lipinski definition) is 1. The minimum atomic E-state index is -2.74. The predicted molar refractivity (Wildman–Crippen MR) is 84.6 cm³/mol. The van der Waals surface area contributed by atoms with Gasteiger partial charge in [0.25, 0.3) is 5.92 Å². The predicted octanol–water partition coefficient (Wildman–Crippen LogP) is 0.612. The van der Waals surface area contributed by atoms with E-state index >= 15 is 0 Å².